The quantitative estimate of drug-likeness (QED) is 0.359. The Balaban J connectivity index is 2.45. The van der Waals surface area contributed by atoms with Gasteiger partial charge in [0.05, 0.1) is 30.1 Å². The number of benzene rings is 2. The fourth-order valence-electron chi connectivity index (χ4n) is 1.34. The molecular weight excluding hydrogens is 408 g/mol. The van der Waals surface area contributed by atoms with Crippen molar-refractivity contribution in [3.63, 3.8) is 0 Å². The zero-order valence-corrected chi connectivity index (χ0v) is 14.6. The molecule has 0 aliphatic rings. The third kappa shape index (κ3) is 3.36. The lowest BCUT2D eigenvalue weighted by Gasteiger charge is -2.12. The van der Waals surface area contributed by atoms with E-state index in [-0.39, 0.29) is 40.9 Å². The van der Waals surface area contributed by atoms with Crippen molar-refractivity contribution in [2.45, 2.75) is 0 Å². The minimum absolute atomic E-state index is 0.0991. The number of rotatable bonds is 2. The van der Waals surface area contributed by atoms with Crippen molar-refractivity contribution >= 4 is 81.2 Å². The maximum Gasteiger partial charge on any atom is 0.149 e. The van der Waals surface area contributed by atoms with E-state index in [2.05, 4.69) is 0 Å². The number of hydrogen-bond donors (Lipinski definition) is 0. The summed E-state index contributed by atoms with van der Waals surface area (Å²) in [6.45, 7) is 0. The van der Waals surface area contributed by atoms with Crippen LogP contribution in [0.4, 0.5) is 0 Å². The molecule has 0 aromatic heterocycles. The molecule has 8 heteroatoms. The van der Waals surface area contributed by atoms with Crippen LogP contribution in [-0.2, 0) is 0 Å². The normalized spacial score (nSPS) is 10.8. The summed E-state index contributed by atoms with van der Waals surface area (Å²) in [7, 11) is 0. The van der Waals surface area contributed by atoms with Crippen LogP contribution in [-0.4, -0.2) is 0 Å². The Labute approximate surface area is 150 Å². The molecule has 0 saturated heterocycles. The molecule has 0 bridgehead atoms. The van der Waals surface area contributed by atoms with Gasteiger partial charge in [0.25, 0.3) is 0 Å². The molecule has 2 rings (SSSR count). The maximum absolute atomic E-state index is 6.04. The highest BCUT2D eigenvalue weighted by molar-refractivity contribution is 6.52. The lowest BCUT2D eigenvalue weighted by atomic mass is 10.3. The van der Waals surface area contributed by atoms with Crippen molar-refractivity contribution in [1.82, 2.24) is 0 Å². The Hall–Kier alpha value is 0.270. The molecule has 1 nitrogen and oxygen atoms in total. The van der Waals surface area contributed by atoms with E-state index >= 15 is 0 Å². The van der Waals surface area contributed by atoms with Crippen LogP contribution in [0.25, 0.3) is 0 Å². The van der Waals surface area contributed by atoms with Crippen LogP contribution in [0.3, 0.4) is 0 Å². The van der Waals surface area contributed by atoms with E-state index in [0.717, 1.165) is 0 Å². The van der Waals surface area contributed by atoms with Crippen LogP contribution >= 0.6 is 81.2 Å². The van der Waals surface area contributed by atoms with Crippen LogP contribution in [0.15, 0.2) is 18.2 Å². The highest BCUT2D eigenvalue weighted by Gasteiger charge is 2.16. The zero-order valence-electron chi connectivity index (χ0n) is 9.29. The summed E-state index contributed by atoms with van der Waals surface area (Å²) in [5.74, 6) is 0.557. The molecule has 2 aromatic rings. The number of hydrogen-bond acceptors (Lipinski definition) is 1. The lowest BCUT2D eigenvalue weighted by molar-refractivity contribution is 0.483. The predicted molar refractivity (Wildman–Crippen MR) is 88.0 cm³/mol. The first-order valence-corrected chi connectivity index (χ1v) is 7.61. The van der Waals surface area contributed by atoms with Gasteiger partial charge in [-0.15, -0.1) is 0 Å². The van der Waals surface area contributed by atoms with Gasteiger partial charge < -0.3 is 4.74 Å². The number of halogens is 7. The van der Waals surface area contributed by atoms with Crippen molar-refractivity contribution in [3.05, 3.63) is 53.4 Å². The van der Waals surface area contributed by atoms with Gasteiger partial charge in [-0.2, -0.15) is 0 Å². The largest absolute Gasteiger partial charge is 0.456 e. The molecule has 0 atom stereocenters. The van der Waals surface area contributed by atoms with Gasteiger partial charge in [0, 0.05) is 18.2 Å². The van der Waals surface area contributed by atoms with Gasteiger partial charge in [-0.3, -0.25) is 0 Å². The molecule has 20 heavy (non-hydrogen) atoms. The molecule has 106 valence electrons. The standard InChI is InChI=1S/C12H3Cl7O/c13-5-1-4(2-6(14)9(5)16)20-8-3-7(15)10(17)12(19)11(8)18/h1-3H. The Kier molecular flexibility index (Phi) is 5.47. The summed E-state index contributed by atoms with van der Waals surface area (Å²) in [5, 5.41) is 1.32. The van der Waals surface area contributed by atoms with Crippen LogP contribution < -0.4 is 4.74 Å². The average Bonchev–Trinajstić information content (AvgIpc) is 2.39. The first kappa shape index (κ1) is 16.6. The average molecular weight is 411 g/mol. The van der Waals surface area contributed by atoms with Crippen LogP contribution in [0.2, 0.25) is 35.2 Å². The Bertz CT molecular complexity index is 661. The van der Waals surface area contributed by atoms with E-state index in [4.69, 9.17) is 85.9 Å². The van der Waals surface area contributed by atoms with Gasteiger partial charge in [0.2, 0.25) is 0 Å². The van der Waals surface area contributed by atoms with Gasteiger partial charge in [-0.1, -0.05) is 81.2 Å². The van der Waals surface area contributed by atoms with Gasteiger partial charge in [-0.25, -0.2) is 0 Å². The van der Waals surface area contributed by atoms with E-state index in [0.29, 0.717) is 5.75 Å². The summed E-state index contributed by atoms with van der Waals surface area (Å²) in [5.41, 5.74) is 0. The second-order valence-corrected chi connectivity index (χ2v) is 6.33. The maximum atomic E-state index is 6.04. The van der Waals surface area contributed by atoms with Crippen molar-refractivity contribution in [2.24, 2.45) is 0 Å². The fraction of sp³-hybridized carbons (Fsp3) is 0. The molecule has 0 fully saturated rings. The van der Waals surface area contributed by atoms with Gasteiger partial charge >= 0.3 is 0 Å². The zero-order chi connectivity index (χ0) is 15.0. The molecule has 0 saturated carbocycles. The van der Waals surface area contributed by atoms with E-state index in [1.807, 2.05) is 0 Å². The molecular formula is C12H3Cl7O. The van der Waals surface area contributed by atoms with E-state index in [1.54, 1.807) is 0 Å². The predicted octanol–water partition coefficient (Wildman–Crippen LogP) is 8.05. The van der Waals surface area contributed by atoms with Crippen LogP contribution in [0.5, 0.6) is 11.5 Å². The molecule has 0 N–H and O–H groups in total. The Morgan fingerprint density at radius 3 is 1.60 bits per heavy atom. The highest BCUT2D eigenvalue weighted by Crippen LogP contribution is 2.44. The lowest BCUT2D eigenvalue weighted by Crippen LogP contribution is -1.88. The van der Waals surface area contributed by atoms with Crippen molar-refractivity contribution < 1.29 is 4.74 Å². The van der Waals surface area contributed by atoms with Crippen molar-refractivity contribution in [1.29, 1.82) is 0 Å². The Morgan fingerprint density at radius 1 is 0.550 bits per heavy atom. The molecule has 2 aromatic carbocycles. The molecule has 0 aliphatic heterocycles. The molecule has 0 heterocycles. The van der Waals surface area contributed by atoms with E-state index in [9.17, 15) is 0 Å². The van der Waals surface area contributed by atoms with Crippen molar-refractivity contribution in [3.8, 4) is 11.5 Å². The van der Waals surface area contributed by atoms with Gasteiger partial charge in [0.1, 0.15) is 16.5 Å². The molecule has 0 amide bonds. The minimum Gasteiger partial charge on any atom is -0.456 e. The highest BCUT2D eigenvalue weighted by atomic mass is 35.5. The van der Waals surface area contributed by atoms with Gasteiger partial charge in [-0.05, 0) is 0 Å². The Morgan fingerprint density at radius 2 is 1.05 bits per heavy atom. The topological polar surface area (TPSA) is 9.23 Å². The van der Waals surface area contributed by atoms with E-state index in [1.165, 1.54) is 18.2 Å². The number of ether oxygens (including phenoxy) is 1. The first-order chi connectivity index (χ1) is 9.31. The second kappa shape index (κ2) is 6.58. The SMILES string of the molecule is Clc1cc(Oc2cc(Cl)c(Cl)c(Cl)c2Cl)cc(Cl)c1Cl. The first-order valence-electron chi connectivity index (χ1n) is 4.96. The molecule has 0 radical (unpaired) electrons. The minimum atomic E-state index is 0.0991. The summed E-state index contributed by atoms with van der Waals surface area (Å²) in [4.78, 5) is 0. The van der Waals surface area contributed by atoms with Crippen molar-refractivity contribution in [2.75, 3.05) is 0 Å². The van der Waals surface area contributed by atoms with Gasteiger partial charge in [0.15, 0.2) is 0 Å². The molecule has 0 unspecified atom stereocenters. The fourth-order valence-corrected chi connectivity index (χ4v) is 2.74. The second-order valence-electron chi connectivity index (χ2n) is 3.60. The summed E-state index contributed by atoms with van der Waals surface area (Å²) in [6, 6.07) is 4.42. The summed E-state index contributed by atoms with van der Waals surface area (Å²) in [6.07, 6.45) is 0. The third-order valence-electron chi connectivity index (χ3n) is 2.25. The smallest absolute Gasteiger partial charge is 0.149 e. The van der Waals surface area contributed by atoms with E-state index < -0.39 is 0 Å². The van der Waals surface area contributed by atoms with Crippen LogP contribution in [0, 0.1) is 0 Å². The monoisotopic (exact) mass is 408 g/mol. The molecule has 0 aliphatic carbocycles. The third-order valence-corrected chi connectivity index (χ3v) is 5.19. The van der Waals surface area contributed by atoms with Crippen LogP contribution in [0.1, 0.15) is 0 Å². The summed E-state index contributed by atoms with van der Waals surface area (Å²) < 4.78 is 5.56. The molecule has 0 spiro atoms. The summed E-state index contributed by atoms with van der Waals surface area (Å²) >= 11 is 41.4.